The van der Waals surface area contributed by atoms with Crippen LogP contribution in [0, 0.1) is 124 Å². The van der Waals surface area contributed by atoms with Crippen molar-refractivity contribution in [2.24, 2.45) is 5.92 Å². The third-order valence-corrected chi connectivity index (χ3v) is 7.75. The topological polar surface area (TPSA) is 108 Å². The summed E-state index contributed by atoms with van der Waals surface area (Å²) in [6.07, 6.45) is -1.94. The maximum atomic E-state index is 12.3. The molecule has 0 radical (unpaired) electrons. The second kappa shape index (κ2) is 24.4. The van der Waals surface area contributed by atoms with E-state index in [9.17, 15) is 9.69 Å². The molecule has 12 heteroatoms. The van der Waals surface area contributed by atoms with E-state index in [1.54, 1.807) is 6.92 Å². The molecule has 0 saturated heterocycles. The Morgan fingerprint density at radius 1 is 0.820 bits per heavy atom. The molecule has 2 unspecified atom stereocenters. The fourth-order valence-electron chi connectivity index (χ4n) is 3.86. The molecule has 0 aliphatic heterocycles. The van der Waals surface area contributed by atoms with Crippen molar-refractivity contribution >= 4 is 42.0 Å². The van der Waals surface area contributed by atoms with Crippen LogP contribution in [-0.2, 0) is 41.7 Å². The van der Waals surface area contributed by atoms with Gasteiger partial charge in [0.2, 0.25) is 0 Å². The van der Waals surface area contributed by atoms with Crippen LogP contribution in [0.15, 0.2) is 30.3 Å². The first-order valence-corrected chi connectivity index (χ1v) is 17.2. The van der Waals surface area contributed by atoms with Crippen LogP contribution in [0.25, 0.3) is 0 Å². The maximum absolute atomic E-state index is 12.3. The fourth-order valence-corrected chi connectivity index (χ4v) is 5.04. The molecule has 0 bridgehead atoms. The highest BCUT2D eigenvalue weighted by atomic mass is 32.5. The predicted molar refractivity (Wildman–Crippen MR) is 196 cm³/mol. The van der Waals surface area contributed by atoms with Crippen LogP contribution in [0.2, 0.25) is 0 Å². The summed E-state index contributed by atoms with van der Waals surface area (Å²) < 4.78 is 26.9. The van der Waals surface area contributed by atoms with Gasteiger partial charge in [-0.25, -0.2) is 4.79 Å². The zero-order valence-corrected chi connectivity index (χ0v) is 29.5. The Morgan fingerprint density at radius 3 is 1.84 bits per heavy atom. The zero-order valence-electron chi connectivity index (χ0n) is 27.0. The van der Waals surface area contributed by atoms with Crippen molar-refractivity contribution < 1.29 is 32.9 Å². The van der Waals surface area contributed by atoms with Gasteiger partial charge in [0.05, 0.1) is 6.04 Å². The molecule has 1 aromatic rings. The predicted octanol–water partition coefficient (Wildman–Crippen LogP) is 2.47. The molecule has 1 saturated carbocycles. The van der Waals surface area contributed by atoms with Crippen molar-refractivity contribution in [3.63, 3.8) is 0 Å². The van der Waals surface area contributed by atoms with Gasteiger partial charge < -0.3 is 33.5 Å². The van der Waals surface area contributed by atoms with Crippen LogP contribution >= 0.6 is 18.9 Å². The SMILES string of the molecule is CC#CC#CC#CC#CC#CC#CC#CC#CC#CC#CNC(=S)N[C@@H]1C[C@H](COC(=O)OCc2ccccc2)C(OP(O)(=S)OC)[C@@H]1OC. The second-order valence-electron chi connectivity index (χ2n) is 9.08. The molecule has 1 aromatic carbocycles. The number of benzene rings is 1. The summed E-state index contributed by atoms with van der Waals surface area (Å²) in [5.41, 5.74) is 0.810. The summed E-state index contributed by atoms with van der Waals surface area (Å²) in [5.74, 6) is 47.6. The molecule has 5 atom stereocenters. The van der Waals surface area contributed by atoms with Gasteiger partial charge in [0.15, 0.2) is 5.11 Å². The number of carbonyl (C=O) groups excluding carboxylic acids is 1. The van der Waals surface area contributed by atoms with Crippen molar-refractivity contribution in [3.8, 4) is 119 Å². The zero-order chi connectivity index (χ0) is 36.3. The van der Waals surface area contributed by atoms with E-state index in [-0.39, 0.29) is 18.3 Å². The molecule has 1 aliphatic rings. The Hall–Kier alpha value is -5.73. The van der Waals surface area contributed by atoms with Crippen LogP contribution in [0.3, 0.4) is 0 Å². The monoisotopic (exact) mass is 718 g/mol. The summed E-state index contributed by atoms with van der Waals surface area (Å²) in [5, 5.41) is 5.99. The maximum Gasteiger partial charge on any atom is 0.508 e. The highest BCUT2D eigenvalue weighted by Gasteiger charge is 2.47. The normalized spacial score (nSPS) is 16.7. The number of nitrogens with one attached hydrogen (secondary N) is 2. The lowest BCUT2D eigenvalue weighted by Gasteiger charge is -2.28. The molecular formula is C38H27N2O7PS2. The first kappa shape index (κ1) is 40.4. The summed E-state index contributed by atoms with van der Waals surface area (Å²) >= 11 is 10.4. The Kier molecular flexibility index (Phi) is 19.8. The van der Waals surface area contributed by atoms with Crippen molar-refractivity contribution in [3.05, 3.63) is 35.9 Å². The lowest BCUT2D eigenvalue weighted by atomic mass is 10.1. The molecule has 50 heavy (non-hydrogen) atoms. The number of hydrogen-bond acceptors (Lipinski definition) is 8. The van der Waals surface area contributed by atoms with Gasteiger partial charge in [-0.2, -0.15) is 0 Å². The average Bonchev–Trinajstić information content (AvgIpc) is 3.43. The molecular weight excluding hydrogens is 692 g/mol. The van der Waals surface area contributed by atoms with Gasteiger partial charge in [-0.1, -0.05) is 36.3 Å². The van der Waals surface area contributed by atoms with E-state index >= 15 is 0 Å². The number of carbonyl (C=O) groups is 1. The Morgan fingerprint density at radius 2 is 1.34 bits per heavy atom. The highest BCUT2D eigenvalue weighted by Crippen LogP contribution is 2.48. The van der Waals surface area contributed by atoms with Crippen molar-refractivity contribution in [1.29, 1.82) is 0 Å². The van der Waals surface area contributed by atoms with Gasteiger partial charge in [0.1, 0.15) is 25.4 Å². The lowest BCUT2D eigenvalue weighted by Crippen LogP contribution is -2.47. The van der Waals surface area contributed by atoms with Crippen LogP contribution in [0.4, 0.5) is 4.79 Å². The fraction of sp³-hybridized carbons (Fsp3) is 0.263. The van der Waals surface area contributed by atoms with Gasteiger partial charge in [-0.3, -0.25) is 5.32 Å². The molecule has 2 rings (SSSR count). The molecule has 248 valence electrons. The quantitative estimate of drug-likeness (QED) is 0.115. The molecule has 1 fully saturated rings. The van der Waals surface area contributed by atoms with Crippen molar-refractivity contribution in [2.75, 3.05) is 20.8 Å². The number of thiocarbonyl (C=S) groups is 1. The number of hydrogen-bond donors (Lipinski definition) is 3. The minimum absolute atomic E-state index is 0.0517. The Bertz CT molecular complexity index is 2090. The van der Waals surface area contributed by atoms with Gasteiger partial charge in [0, 0.05) is 85.4 Å². The van der Waals surface area contributed by atoms with Crippen LogP contribution in [-0.4, -0.2) is 55.2 Å². The van der Waals surface area contributed by atoms with Crippen LogP contribution in [0.1, 0.15) is 18.9 Å². The number of ether oxygens (including phenoxy) is 3. The summed E-state index contributed by atoms with van der Waals surface area (Å²) in [7, 11) is 2.71. The van der Waals surface area contributed by atoms with Gasteiger partial charge in [0.25, 0.3) is 0 Å². The molecule has 0 amide bonds. The van der Waals surface area contributed by atoms with Gasteiger partial charge >= 0.3 is 12.9 Å². The molecule has 0 spiro atoms. The first-order valence-electron chi connectivity index (χ1n) is 14.2. The summed E-state index contributed by atoms with van der Waals surface area (Å²) in [4.78, 5) is 22.6. The minimum atomic E-state index is -3.60. The van der Waals surface area contributed by atoms with Crippen LogP contribution < -0.4 is 10.6 Å². The van der Waals surface area contributed by atoms with Crippen LogP contribution in [0.5, 0.6) is 0 Å². The number of rotatable bonds is 9. The molecule has 9 nitrogen and oxygen atoms in total. The number of methoxy groups -OCH3 is 1. The summed E-state index contributed by atoms with van der Waals surface area (Å²) in [6.45, 7) is -1.97. The third kappa shape index (κ3) is 17.4. The van der Waals surface area contributed by atoms with E-state index in [2.05, 4.69) is 129 Å². The molecule has 1 aliphatic carbocycles. The van der Waals surface area contributed by atoms with E-state index in [0.717, 1.165) is 5.56 Å². The molecule has 0 aromatic heterocycles. The van der Waals surface area contributed by atoms with Gasteiger partial charge in [-0.15, -0.1) is 0 Å². The van der Waals surface area contributed by atoms with E-state index in [1.807, 2.05) is 30.3 Å². The first-order chi connectivity index (χ1) is 24.3. The largest absolute Gasteiger partial charge is 0.508 e. The third-order valence-electron chi connectivity index (χ3n) is 5.86. The standard InChI is InChI=1S/C38H27N2O7PS2/c1-4-5-6-7-8-9-10-11-12-13-14-15-16-17-18-19-20-21-25-28-39-37(49)40-34-29-33(35(36(34)43-2)47-48(42,50)44-3)31-46-38(41)45-30-32-26-23-22-24-27-32/h22-24,26-27,33-36H,29-31H2,1-3H3,(H,42,50)(H2,39,40,49)/t33-,34-,35?,36-,48?/m1/s1. The molecule has 3 N–H and O–H groups in total. The smallest absolute Gasteiger partial charge is 0.434 e. The van der Waals surface area contributed by atoms with Gasteiger partial charge in [-0.05, 0) is 90.3 Å². The Labute approximate surface area is 303 Å². The lowest BCUT2D eigenvalue weighted by molar-refractivity contribution is -0.0250. The van der Waals surface area contributed by atoms with E-state index < -0.39 is 37.0 Å². The van der Waals surface area contributed by atoms with Crippen molar-refractivity contribution in [2.45, 2.75) is 38.2 Å². The molecule has 0 heterocycles. The summed E-state index contributed by atoms with van der Waals surface area (Å²) in [6, 6.07) is 11.3. The van der Waals surface area contributed by atoms with E-state index in [1.165, 1.54) is 14.2 Å². The minimum Gasteiger partial charge on any atom is -0.434 e. The average molecular weight is 719 g/mol. The second-order valence-corrected chi connectivity index (χ2v) is 12.4. The van der Waals surface area contributed by atoms with E-state index in [4.69, 9.17) is 47.3 Å². The Balaban J connectivity index is 1.89. The van der Waals surface area contributed by atoms with E-state index in [0.29, 0.717) is 6.42 Å². The van der Waals surface area contributed by atoms with Crippen molar-refractivity contribution in [1.82, 2.24) is 10.6 Å². The highest BCUT2D eigenvalue weighted by molar-refractivity contribution is 8.07.